The van der Waals surface area contributed by atoms with Crippen LogP contribution in [-0.2, 0) is 6.54 Å². The lowest BCUT2D eigenvalue weighted by molar-refractivity contribution is 0.156. The molecule has 0 bridgehead atoms. The van der Waals surface area contributed by atoms with Crippen molar-refractivity contribution in [3.05, 3.63) is 33.8 Å². The number of rotatable bonds is 2. The maximum absolute atomic E-state index is 3.63. The summed E-state index contributed by atoms with van der Waals surface area (Å²) in [5.74, 6) is 0.882. The number of likely N-dealkylation sites (tertiary alicyclic amines) is 1. The predicted molar refractivity (Wildman–Crippen MR) is 85.9 cm³/mol. The Bertz CT molecular complexity index is 438. The number of nitrogens with zero attached hydrogens (tertiary/aromatic N) is 1. The summed E-state index contributed by atoms with van der Waals surface area (Å²) < 4.78 is 1.23. The highest BCUT2D eigenvalue weighted by molar-refractivity contribution is 9.10. The van der Waals surface area contributed by atoms with E-state index in [-0.39, 0.29) is 12.4 Å². The number of benzene rings is 1. The van der Waals surface area contributed by atoms with E-state index >= 15 is 0 Å². The number of hydrogen-bond donors (Lipinski definition) is 1. The molecule has 2 aliphatic heterocycles. The zero-order chi connectivity index (χ0) is 12.5. The van der Waals surface area contributed by atoms with Gasteiger partial charge in [0.25, 0.3) is 0 Å². The third-order valence-corrected chi connectivity index (χ3v) is 5.24. The molecule has 4 heteroatoms. The van der Waals surface area contributed by atoms with Crippen molar-refractivity contribution in [2.24, 2.45) is 5.92 Å². The van der Waals surface area contributed by atoms with E-state index in [0.29, 0.717) is 0 Å². The summed E-state index contributed by atoms with van der Waals surface area (Å²) >= 11 is 3.63. The maximum Gasteiger partial charge on any atom is 0.0234 e. The first-order valence-corrected chi connectivity index (χ1v) is 7.72. The molecule has 1 aromatic carbocycles. The van der Waals surface area contributed by atoms with Crippen molar-refractivity contribution in [2.75, 3.05) is 19.6 Å². The Labute approximate surface area is 130 Å². The number of nitrogens with one attached hydrogen (secondary N) is 1. The van der Waals surface area contributed by atoms with Gasteiger partial charge in [-0.05, 0) is 56.0 Å². The Kier molecular flexibility index (Phi) is 5.29. The first-order valence-electron chi connectivity index (χ1n) is 6.93. The fraction of sp³-hybridized carbons (Fsp3) is 0.600. The Morgan fingerprint density at radius 3 is 3.00 bits per heavy atom. The van der Waals surface area contributed by atoms with E-state index in [0.717, 1.165) is 18.5 Å². The molecule has 2 atom stereocenters. The van der Waals surface area contributed by atoms with E-state index < -0.39 is 0 Å². The van der Waals surface area contributed by atoms with Crippen LogP contribution >= 0.6 is 28.3 Å². The van der Waals surface area contributed by atoms with Crippen LogP contribution in [0.1, 0.15) is 24.0 Å². The van der Waals surface area contributed by atoms with Crippen molar-refractivity contribution < 1.29 is 0 Å². The van der Waals surface area contributed by atoms with Gasteiger partial charge < -0.3 is 5.32 Å². The second-order valence-corrected chi connectivity index (χ2v) is 6.57. The average Bonchev–Trinajstić information content (AvgIpc) is 2.81. The van der Waals surface area contributed by atoms with Crippen molar-refractivity contribution in [2.45, 2.75) is 32.4 Å². The monoisotopic (exact) mass is 344 g/mol. The van der Waals surface area contributed by atoms with Crippen LogP contribution in [0.4, 0.5) is 0 Å². The van der Waals surface area contributed by atoms with Gasteiger partial charge in [-0.3, -0.25) is 4.90 Å². The molecule has 1 N–H and O–H groups in total. The van der Waals surface area contributed by atoms with Crippen molar-refractivity contribution in [1.29, 1.82) is 0 Å². The zero-order valence-corrected chi connectivity index (χ0v) is 13.8. The van der Waals surface area contributed by atoms with Gasteiger partial charge in [-0.25, -0.2) is 0 Å². The van der Waals surface area contributed by atoms with E-state index in [1.54, 1.807) is 0 Å². The lowest BCUT2D eigenvalue weighted by Crippen LogP contribution is -2.43. The lowest BCUT2D eigenvalue weighted by atomic mass is 9.93. The van der Waals surface area contributed by atoms with Crippen LogP contribution in [0.3, 0.4) is 0 Å². The molecule has 2 heterocycles. The maximum atomic E-state index is 3.63. The van der Waals surface area contributed by atoms with Crippen LogP contribution in [0.15, 0.2) is 22.7 Å². The number of piperidine rings is 1. The molecule has 2 unspecified atom stereocenters. The van der Waals surface area contributed by atoms with Gasteiger partial charge >= 0.3 is 0 Å². The molecule has 0 amide bonds. The molecule has 2 aliphatic rings. The molecule has 0 aromatic heterocycles. The van der Waals surface area contributed by atoms with Crippen LogP contribution in [0.2, 0.25) is 0 Å². The van der Waals surface area contributed by atoms with Crippen LogP contribution in [-0.4, -0.2) is 30.6 Å². The summed E-state index contributed by atoms with van der Waals surface area (Å²) in [7, 11) is 0. The lowest BCUT2D eigenvalue weighted by Gasteiger charge is -2.34. The van der Waals surface area contributed by atoms with Crippen LogP contribution in [0.5, 0.6) is 0 Å². The predicted octanol–water partition coefficient (Wildman–Crippen LogP) is 3.36. The van der Waals surface area contributed by atoms with Gasteiger partial charge in [-0.2, -0.15) is 0 Å². The highest BCUT2D eigenvalue weighted by Crippen LogP contribution is 2.26. The largest absolute Gasteiger partial charge is 0.314 e. The first kappa shape index (κ1) is 15.3. The number of halogens is 2. The van der Waals surface area contributed by atoms with Gasteiger partial charge in [-0.15, -0.1) is 12.4 Å². The highest BCUT2D eigenvalue weighted by atomic mass is 79.9. The zero-order valence-electron chi connectivity index (χ0n) is 11.4. The van der Waals surface area contributed by atoms with E-state index in [4.69, 9.17) is 0 Å². The molecule has 106 valence electrons. The smallest absolute Gasteiger partial charge is 0.0234 e. The van der Waals surface area contributed by atoms with Crippen molar-refractivity contribution >= 4 is 28.3 Å². The first-order chi connectivity index (χ1) is 8.72. The Balaban J connectivity index is 0.00000133. The van der Waals surface area contributed by atoms with E-state index in [2.05, 4.69) is 51.3 Å². The molecule has 0 radical (unpaired) electrons. The van der Waals surface area contributed by atoms with Crippen LogP contribution < -0.4 is 5.32 Å². The summed E-state index contributed by atoms with van der Waals surface area (Å²) in [5, 5.41) is 3.63. The fourth-order valence-corrected chi connectivity index (χ4v) is 3.69. The topological polar surface area (TPSA) is 15.3 Å². The van der Waals surface area contributed by atoms with Crippen LogP contribution in [0.25, 0.3) is 0 Å². The highest BCUT2D eigenvalue weighted by Gasteiger charge is 2.32. The van der Waals surface area contributed by atoms with Crippen LogP contribution in [0, 0.1) is 12.8 Å². The standard InChI is InChI=1S/C15H21BrN2.ClH/c1-11-2-3-12(8-14(11)16)9-18-7-5-15-13(10-18)4-6-17-15;/h2-3,8,13,15,17H,4-7,9-10H2,1H3;1H. The number of fused-ring (bicyclic) bond motifs is 1. The third kappa shape index (κ3) is 3.52. The van der Waals surface area contributed by atoms with Crippen molar-refractivity contribution in [3.63, 3.8) is 0 Å². The second kappa shape index (κ2) is 6.57. The summed E-state index contributed by atoms with van der Waals surface area (Å²) in [6.07, 6.45) is 2.68. The molecular formula is C15H22BrClN2. The number of aryl methyl sites for hydroxylation is 1. The molecule has 0 saturated carbocycles. The molecule has 2 fully saturated rings. The third-order valence-electron chi connectivity index (χ3n) is 4.38. The average molecular weight is 346 g/mol. The SMILES string of the molecule is Cc1ccc(CN2CCC3NCCC3C2)cc1Br.Cl. The van der Waals surface area contributed by atoms with Crippen molar-refractivity contribution in [3.8, 4) is 0 Å². The molecular weight excluding hydrogens is 324 g/mol. The fourth-order valence-electron chi connectivity index (χ4n) is 3.26. The molecule has 2 nitrogen and oxygen atoms in total. The Hall–Kier alpha value is -0.0900. The van der Waals surface area contributed by atoms with E-state index in [1.165, 1.54) is 48.1 Å². The van der Waals surface area contributed by atoms with Gasteiger partial charge in [0.15, 0.2) is 0 Å². The van der Waals surface area contributed by atoms with Gasteiger partial charge in [0.05, 0.1) is 0 Å². The van der Waals surface area contributed by atoms with Gasteiger partial charge in [0.1, 0.15) is 0 Å². The Morgan fingerprint density at radius 1 is 1.37 bits per heavy atom. The molecule has 0 aliphatic carbocycles. The Morgan fingerprint density at radius 2 is 2.21 bits per heavy atom. The molecule has 1 aromatic rings. The summed E-state index contributed by atoms with van der Waals surface area (Å²) in [4.78, 5) is 2.62. The molecule has 0 spiro atoms. The van der Waals surface area contributed by atoms with Gasteiger partial charge in [0, 0.05) is 23.6 Å². The van der Waals surface area contributed by atoms with Crippen molar-refractivity contribution in [1.82, 2.24) is 10.2 Å². The summed E-state index contributed by atoms with van der Waals surface area (Å²) in [5.41, 5.74) is 2.74. The molecule has 2 saturated heterocycles. The quantitative estimate of drug-likeness (QED) is 0.884. The van der Waals surface area contributed by atoms with E-state index in [1.807, 2.05) is 0 Å². The van der Waals surface area contributed by atoms with Gasteiger partial charge in [-0.1, -0.05) is 28.1 Å². The number of hydrogen-bond acceptors (Lipinski definition) is 2. The minimum Gasteiger partial charge on any atom is -0.314 e. The molecule has 19 heavy (non-hydrogen) atoms. The minimum atomic E-state index is 0. The van der Waals surface area contributed by atoms with Gasteiger partial charge in [0.2, 0.25) is 0 Å². The summed E-state index contributed by atoms with van der Waals surface area (Å²) in [6, 6.07) is 7.54. The van der Waals surface area contributed by atoms with E-state index in [9.17, 15) is 0 Å². The normalized spacial score (nSPS) is 26.8. The summed E-state index contributed by atoms with van der Waals surface area (Å²) in [6.45, 7) is 6.97. The molecule has 3 rings (SSSR count). The second-order valence-electron chi connectivity index (χ2n) is 5.72. The minimum absolute atomic E-state index is 0.